The maximum Gasteiger partial charge on any atom is 0.315 e. The second kappa shape index (κ2) is 7.09. The molecule has 0 aliphatic carbocycles. The van der Waals surface area contributed by atoms with Crippen molar-refractivity contribution in [2.45, 2.75) is 52.0 Å². The summed E-state index contributed by atoms with van der Waals surface area (Å²) in [7, 11) is 0. The Hall–Kier alpha value is -1.26. The van der Waals surface area contributed by atoms with Gasteiger partial charge in [-0.1, -0.05) is 19.8 Å². The van der Waals surface area contributed by atoms with Crippen molar-refractivity contribution < 1.29 is 14.7 Å². The van der Waals surface area contributed by atoms with Crippen LogP contribution in [0.1, 0.15) is 46.5 Å². The second-order valence-electron chi connectivity index (χ2n) is 4.54. The average molecular weight is 230 g/mol. The highest BCUT2D eigenvalue weighted by Crippen LogP contribution is 2.07. The maximum atomic E-state index is 11.4. The van der Waals surface area contributed by atoms with Crippen molar-refractivity contribution in [1.82, 2.24) is 10.6 Å². The Balaban J connectivity index is 3.80. The molecule has 0 fully saturated rings. The van der Waals surface area contributed by atoms with Crippen LogP contribution in [0.15, 0.2) is 0 Å². The molecule has 16 heavy (non-hydrogen) atoms. The van der Waals surface area contributed by atoms with E-state index in [4.69, 9.17) is 5.11 Å². The molecule has 0 aromatic heterocycles. The molecule has 0 aliphatic rings. The third-order valence-corrected chi connectivity index (χ3v) is 2.11. The van der Waals surface area contributed by atoms with Crippen LogP contribution in [0.3, 0.4) is 0 Å². The zero-order valence-electron chi connectivity index (χ0n) is 10.3. The lowest BCUT2D eigenvalue weighted by atomic mass is 10.0. The van der Waals surface area contributed by atoms with E-state index < -0.39 is 11.5 Å². The summed E-state index contributed by atoms with van der Waals surface area (Å²) < 4.78 is 0. The molecule has 0 saturated heterocycles. The third-order valence-electron chi connectivity index (χ3n) is 2.11. The van der Waals surface area contributed by atoms with Gasteiger partial charge in [-0.25, -0.2) is 4.79 Å². The van der Waals surface area contributed by atoms with Gasteiger partial charge in [0.05, 0.1) is 6.42 Å². The van der Waals surface area contributed by atoms with E-state index in [1.54, 1.807) is 13.8 Å². The number of carbonyl (C=O) groups excluding carboxylic acids is 1. The number of carboxylic acid groups (broad SMARTS) is 1. The molecule has 0 atom stereocenters. The number of aliphatic carboxylic acids is 1. The lowest BCUT2D eigenvalue weighted by Crippen LogP contribution is -2.49. The quantitative estimate of drug-likeness (QED) is 0.583. The molecule has 0 radical (unpaired) electrons. The first-order valence-corrected chi connectivity index (χ1v) is 5.65. The van der Waals surface area contributed by atoms with E-state index in [2.05, 4.69) is 17.6 Å². The predicted molar refractivity (Wildman–Crippen MR) is 62.4 cm³/mol. The molecule has 2 amide bonds. The van der Waals surface area contributed by atoms with Crippen LogP contribution in [0.4, 0.5) is 4.79 Å². The predicted octanol–water partition coefficient (Wildman–Crippen LogP) is 1.73. The van der Waals surface area contributed by atoms with Gasteiger partial charge in [-0.3, -0.25) is 4.79 Å². The van der Waals surface area contributed by atoms with Crippen LogP contribution in [0, 0.1) is 0 Å². The van der Waals surface area contributed by atoms with Crippen molar-refractivity contribution in [3.05, 3.63) is 0 Å². The highest BCUT2D eigenvalue weighted by Gasteiger charge is 2.23. The topological polar surface area (TPSA) is 78.4 Å². The number of urea groups is 1. The van der Waals surface area contributed by atoms with E-state index in [0.717, 1.165) is 19.3 Å². The van der Waals surface area contributed by atoms with E-state index in [1.807, 2.05) is 0 Å². The lowest BCUT2D eigenvalue weighted by molar-refractivity contribution is -0.138. The molecule has 94 valence electrons. The molecule has 0 aromatic carbocycles. The van der Waals surface area contributed by atoms with Crippen LogP contribution >= 0.6 is 0 Å². The van der Waals surface area contributed by atoms with Gasteiger partial charge in [0.1, 0.15) is 0 Å². The van der Waals surface area contributed by atoms with Gasteiger partial charge in [0.2, 0.25) is 0 Å². The fourth-order valence-electron chi connectivity index (χ4n) is 1.35. The number of carbonyl (C=O) groups is 2. The van der Waals surface area contributed by atoms with E-state index in [0.29, 0.717) is 6.54 Å². The molecule has 3 N–H and O–H groups in total. The highest BCUT2D eigenvalue weighted by atomic mass is 16.4. The van der Waals surface area contributed by atoms with Crippen LogP contribution in [0.5, 0.6) is 0 Å². The van der Waals surface area contributed by atoms with E-state index in [1.165, 1.54) is 0 Å². The summed E-state index contributed by atoms with van der Waals surface area (Å²) in [5.74, 6) is -0.920. The number of hydrogen-bond acceptors (Lipinski definition) is 2. The van der Waals surface area contributed by atoms with Gasteiger partial charge < -0.3 is 15.7 Å². The van der Waals surface area contributed by atoms with Crippen molar-refractivity contribution in [3.8, 4) is 0 Å². The summed E-state index contributed by atoms with van der Waals surface area (Å²) in [6, 6.07) is -0.303. The second-order valence-corrected chi connectivity index (χ2v) is 4.54. The molecule has 0 bridgehead atoms. The minimum Gasteiger partial charge on any atom is -0.481 e. The Morgan fingerprint density at radius 2 is 1.88 bits per heavy atom. The molecule has 0 unspecified atom stereocenters. The van der Waals surface area contributed by atoms with Gasteiger partial charge in [0.25, 0.3) is 0 Å². The van der Waals surface area contributed by atoms with Gasteiger partial charge in [0, 0.05) is 12.1 Å². The summed E-state index contributed by atoms with van der Waals surface area (Å²) >= 11 is 0. The monoisotopic (exact) mass is 230 g/mol. The molecule has 0 heterocycles. The van der Waals surface area contributed by atoms with E-state index in [9.17, 15) is 9.59 Å². The van der Waals surface area contributed by atoms with Crippen LogP contribution in [-0.2, 0) is 4.79 Å². The summed E-state index contributed by atoms with van der Waals surface area (Å²) in [6.45, 7) is 6.10. The first-order chi connectivity index (χ1) is 7.37. The normalized spacial score (nSPS) is 10.9. The number of nitrogens with one attached hydrogen (secondary N) is 2. The standard InChI is InChI=1S/C11H22N2O3/c1-4-5-6-7-12-10(16)13-11(2,3)8-9(14)15/h4-8H2,1-3H3,(H,14,15)(H2,12,13,16). The fourth-order valence-corrected chi connectivity index (χ4v) is 1.35. The Labute approximate surface area is 96.6 Å². The van der Waals surface area contributed by atoms with Gasteiger partial charge in [-0.15, -0.1) is 0 Å². The Morgan fingerprint density at radius 3 is 2.38 bits per heavy atom. The largest absolute Gasteiger partial charge is 0.481 e. The van der Waals surface area contributed by atoms with Crippen molar-refractivity contribution in [2.75, 3.05) is 6.54 Å². The van der Waals surface area contributed by atoms with Crippen molar-refractivity contribution in [3.63, 3.8) is 0 Å². The van der Waals surface area contributed by atoms with Gasteiger partial charge in [-0.2, -0.15) is 0 Å². The van der Waals surface area contributed by atoms with E-state index in [-0.39, 0.29) is 12.5 Å². The molecule has 0 rings (SSSR count). The molecule has 0 spiro atoms. The third kappa shape index (κ3) is 8.08. The van der Waals surface area contributed by atoms with Crippen molar-refractivity contribution in [2.24, 2.45) is 0 Å². The minimum atomic E-state index is -0.920. The maximum absolute atomic E-state index is 11.4. The molecular weight excluding hydrogens is 208 g/mol. The first-order valence-electron chi connectivity index (χ1n) is 5.65. The van der Waals surface area contributed by atoms with Crippen LogP contribution in [-0.4, -0.2) is 29.2 Å². The lowest BCUT2D eigenvalue weighted by Gasteiger charge is -2.24. The Morgan fingerprint density at radius 1 is 1.25 bits per heavy atom. The number of rotatable bonds is 7. The molecule has 5 heteroatoms. The van der Waals surface area contributed by atoms with Crippen LogP contribution < -0.4 is 10.6 Å². The number of amides is 2. The van der Waals surface area contributed by atoms with Crippen LogP contribution in [0.2, 0.25) is 0 Å². The number of hydrogen-bond donors (Lipinski definition) is 3. The Kier molecular flexibility index (Phi) is 6.53. The van der Waals surface area contributed by atoms with Crippen LogP contribution in [0.25, 0.3) is 0 Å². The SMILES string of the molecule is CCCCCNC(=O)NC(C)(C)CC(=O)O. The van der Waals surface area contributed by atoms with Gasteiger partial charge in [0.15, 0.2) is 0 Å². The smallest absolute Gasteiger partial charge is 0.315 e. The van der Waals surface area contributed by atoms with Gasteiger partial charge in [-0.05, 0) is 20.3 Å². The summed E-state index contributed by atoms with van der Waals surface area (Å²) in [4.78, 5) is 21.9. The number of unbranched alkanes of at least 4 members (excludes halogenated alkanes) is 2. The number of carboxylic acids is 1. The van der Waals surface area contributed by atoms with Crippen molar-refractivity contribution in [1.29, 1.82) is 0 Å². The summed E-state index contributed by atoms with van der Waals surface area (Å²) in [5.41, 5.74) is -0.722. The minimum absolute atomic E-state index is 0.0879. The summed E-state index contributed by atoms with van der Waals surface area (Å²) in [5, 5.41) is 14.0. The molecule has 0 aromatic rings. The molecular formula is C11H22N2O3. The first kappa shape index (κ1) is 14.7. The van der Waals surface area contributed by atoms with Gasteiger partial charge >= 0.3 is 12.0 Å². The zero-order valence-corrected chi connectivity index (χ0v) is 10.3. The Bertz CT molecular complexity index is 239. The van der Waals surface area contributed by atoms with E-state index >= 15 is 0 Å². The highest BCUT2D eigenvalue weighted by molar-refractivity contribution is 5.76. The molecule has 0 aliphatic heterocycles. The fraction of sp³-hybridized carbons (Fsp3) is 0.818. The molecule has 0 saturated carbocycles. The molecule has 5 nitrogen and oxygen atoms in total. The van der Waals surface area contributed by atoms with Crippen molar-refractivity contribution >= 4 is 12.0 Å². The average Bonchev–Trinajstić information content (AvgIpc) is 2.09. The summed E-state index contributed by atoms with van der Waals surface area (Å²) in [6.07, 6.45) is 3.05. The zero-order chi connectivity index (χ0) is 12.6.